The van der Waals surface area contributed by atoms with Gasteiger partial charge in [0, 0.05) is 12.7 Å². The molecule has 120 valence electrons. The lowest BCUT2D eigenvalue weighted by atomic mass is 10.1. The van der Waals surface area contributed by atoms with Crippen LogP contribution in [0.15, 0.2) is 29.2 Å². The van der Waals surface area contributed by atoms with Crippen LogP contribution in [0, 0.1) is 12.8 Å². The molecule has 0 saturated heterocycles. The fourth-order valence-corrected chi connectivity index (χ4v) is 3.37. The van der Waals surface area contributed by atoms with Gasteiger partial charge in [-0.2, -0.15) is 0 Å². The number of fused-ring (bicyclic) bond motifs is 2. The summed E-state index contributed by atoms with van der Waals surface area (Å²) in [6.45, 7) is 6.79. The Balaban J connectivity index is 2.00. The lowest BCUT2D eigenvalue weighted by Crippen LogP contribution is -2.24. The maximum absolute atomic E-state index is 12.6. The summed E-state index contributed by atoms with van der Waals surface area (Å²) in [5.74, 6) is 0.399. The molecule has 0 aliphatic carbocycles. The number of amides is 1. The first-order valence-corrected chi connectivity index (χ1v) is 8.48. The van der Waals surface area contributed by atoms with Gasteiger partial charge in [0.15, 0.2) is 0 Å². The second kappa shape index (κ2) is 6.12. The first kappa shape index (κ1) is 15.7. The van der Waals surface area contributed by atoms with Gasteiger partial charge in [-0.25, -0.2) is 4.98 Å². The predicted octanol–water partition coefficient (Wildman–Crippen LogP) is 2.99. The lowest BCUT2D eigenvalue weighted by Gasteiger charge is -2.05. The summed E-state index contributed by atoms with van der Waals surface area (Å²) in [5, 5.41) is 3.39. The van der Waals surface area contributed by atoms with E-state index in [1.54, 1.807) is 12.3 Å². The van der Waals surface area contributed by atoms with E-state index >= 15 is 0 Å². The third-order valence-electron chi connectivity index (χ3n) is 3.76. The molecule has 1 amide bonds. The van der Waals surface area contributed by atoms with E-state index in [1.807, 2.05) is 19.1 Å². The first-order valence-electron chi connectivity index (χ1n) is 7.67. The molecule has 0 atom stereocenters. The van der Waals surface area contributed by atoms with E-state index < -0.39 is 0 Å². The maximum Gasteiger partial charge on any atom is 0.266 e. The summed E-state index contributed by atoms with van der Waals surface area (Å²) in [5.41, 5.74) is 1.44. The van der Waals surface area contributed by atoms with E-state index in [1.165, 1.54) is 15.7 Å². The molecule has 0 aromatic carbocycles. The highest BCUT2D eigenvalue weighted by molar-refractivity contribution is 7.20. The van der Waals surface area contributed by atoms with Crippen molar-refractivity contribution in [2.45, 2.75) is 27.2 Å². The van der Waals surface area contributed by atoms with Crippen LogP contribution in [0.1, 0.15) is 35.5 Å². The molecule has 0 fully saturated rings. The Morgan fingerprint density at radius 1 is 1.43 bits per heavy atom. The fraction of sp³-hybridized carbons (Fsp3) is 0.353. The van der Waals surface area contributed by atoms with E-state index in [9.17, 15) is 9.59 Å². The highest BCUT2D eigenvalue weighted by Crippen LogP contribution is 2.22. The zero-order valence-electron chi connectivity index (χ0n) is 13.4. The van der Waals surface area contributed by atoms with Crippen LogP contribution in [-0.4, -0.2) is 21.8 Å². The Kier molecular flexibility index (Phi) is 4.17. The molecule has 0 radical (unpaired) electrons. The molecular weight excluding hydrogens is 310 g/mol. The van der Waals surface area contributed by atoms with Gasteiger partial charge < -0.3 is 5.32 Å². The second-order valence-corrected chi connectivity index (χ2v) is 7.10. The monoisotopic (exact) mass is 329 g/mol. The normalized spacial score (nSPS) is 11.5. The smallest absolute Gasteiger partial charge is 0.266 e. The number of carbonyl (C=O) groups is 1. The summed E-state index contributed by atoms with van der Waals surface area (Å²) >= 11 is 1.27. The minimum absolute atomic E-state index is 0.133. The van der Waals surface area contributed by atoms with Crippen LogP contribution in [0.2, 0.25) is 0 Å². The van der Waals surface area contributed by atoms with E-state index in [2.05, 4.69) is 24.1 Å². The molecule has 1 N–H and O–H groups in total. The van der Waals surface area contributed by atoms with Crippen LogP contribution in [0.3, 0.4) is 0 Å². The van der Waals surface area contributed by atoms with Gasteiger partial charge in [-0.3, -0.25) is 14.0 Å². The van der Waals surface area contributed by atoms with Gasteiger partial charge in [0.05, 0.1) is 10.3 Å². The molecule has 6 heteroatoms. The molecule has 0 spiro atoms. The van der Waals surface area contributed by atoms with E-state index in [0.717, 1.165) is 12.0 Å². The summed E-state index contributed by atoms with van der Waals surface area (Å²) in [6, 6.07) is 5.39. The van der Waals surface area contributed by atoms with Crippen LogP contribution in [0.5, 0.6) is 0 Å². The maximum atomic E-state index is 12.6. The van der Waals surface area contributed by atoms with Crippen LogP contribution < -0.4 is 10.9 Å². The molecule has 0 aliphatic rings. The van der Waals surface area contributed by atoms with Crippen molar-refractivity contribution < 1.29 is 4.79 Å². The third kappa shape index (κ3) is 2.99. The van der Waals surface area contributed by atoms with Gasteiger partial charge in [-0.05, 0) is 37.0 Å². The number of pyridine rings is 1. The molecule has 23 heavy (non-hydrogen) atoms. The number of aromatic nitrogens is 2. The first-order chi connectivity index (χ1) is 11.0. The van der Waals surface area contributed by atoms with Crippen LogP contribution in [-0.2, 0) is 0 Å². The van der Waals surface area contributed by atoms with Crippen LogP contribution in [0.4, 0.5) is 0 Å². The minimum atomic E-state index is -0.140. The van der Waals surface area contributed by atoms with Crippen molar-refractivity contribution in [3.63, 3.8) is 0 Å². The van der Waals surface area contributed by atoms with E-state index in [4.69, 9.17) is 0 Å². The summed E-state index contributed by atoms with van der Waals surface area (Å²) in [4.78, 5) is 30.5. The molecule has 0 saturated carbocycles. The fourth-order valence-electron chi connectivity index (χ4n) is 2.43. The van der Waals surface area contributed by atoms with Gasteiger partial charge >= 0.3 is 0 Å². The van der Waals surface area contributed by atoms with E-state index in [-0.39, 0.29) is 11.5 Å². The number of thiophene rings is 1. The van der Waals surface area contributed by atoms with E-state index in [0.29, 0.717) is 33.2 Å². The average Bonchev–Trinajstić information content (AvgIpc) is 2.93. The number of hydrogen-bond acceptors (Lipinski definition) is 4. The Bertz CT molecular complexity index is 940. The average molecular weight is 329 g/mol. The predicted molar refractivity (Wildman–Crippen MR) is 93.4 cm³/mol. The zero-order valence-corrected chi connectivity index (χ0v) is 14.2. The highest BCUT2D eigenvalue weighted by atomic mass is 32.1. The molecule has 5 nitrogen and oxygen atoms in total. The van der Waals surface area contributed by atoms with Crippen molar-refractivity contribution in [1.82, 2.24) is 14.7 Å². The number of hydrogen-bond donors (Lipinski definition) is 1. The van der Waals surface area contributed by atoms with Gasteiger partial charge in [0.2, 0.25) is 0 Å². The minimum Gasteiger partial charge on any atom is -0.351 e. The summed E-state index contributed by atoms with van der Waals surface area (Å²) in [6.07, 6.45) is 2.64. The van der Waals surface area contributed by atoms with Crippen molar-refractivity contribution in [2.24, 2.45) is 5.92 Å². The molecule has 0 unspecified atom stereocenters. The summed E-state index contributed by atoms with van der Waals surface area (Å²) < 4.78 is 1.53. The van der Waals surface area contributed by atoms with Crippen molar-refractivity contribution in [3.05, 3.63) is 45.2 Å². The SMILES string of the molecule is Cc1cccn2c(=O)c3cc(C(=O)NCCC(C)C)sc3nc12. The number of nitrogens with one attached hydrogen (secondary N) is 1. The molecular formula is C17H19N3O2S. The highest BCUT2D eigenvalue weighted by Gasteiger charge is 2.15. The number of aryl methyl sites for hydroxylation is 1. The molecule has 3 aromatic rings. The number of nitrogens with zero attached hydrogens (tertiary/aromatic N) is 2. The Morgan fingerprint density at radius 2 is 2.22 bits per heavy atom. The van der Waals surface area contributed by atoms with Gasteiger partial charge in [0.1, 0.15) is 10.5 Å². The Morgan fingerprint density at radius 3 is 2.96 bits per heavy atom. The molecule has 3 aromatic heterocycles. The largest absolute Gasteiger partial charge is 0.351 e. The summed E-state index contributed by atoms with van der Waals surface area (Å²) in [7, 11) is 0. The van der Waals surface area contributed by atoms with Gasteiger partial charge in [-0.15, -0.1) is 11.3 Å². The zero-order chi connectivity index (χ0) is 16.6. The Labute approximate surface area is 138 Å². The molecule has 0 bridgehead atoms. The standard InChI is InChI=1S/C17H19N3O2S/c1-10(2)6-7-18-15(21)13-9-12-16(23-13)19-14-11(3)5-4-8-20(14)17(12)22/h4-5,8-10H,6-7H2,1-3H3,(H,18,21). The van der Waals surface area contributed by atoms with Gasteiger partial charge in [0.25, 0.3) is 11.5 Å². The van der Waals surface area contributed by atoms with Crippen molar-refractivity contribution in [3.8, 4) is 0 Å². The number of rotatable bonds is 4. The van der Waals surface area contributed by atoms with Gasteiger partial charge in [-0.1, -0.05) is 19.9 Å². The second-order valence-electron chi connectivity index (χ2n) is 6.07. The molecule has 0 aliphatic heterocycles. The Hall–Kier alpha value is -2.21. The molecule has 3 rings (SSSR count). The van der Waals surface area contributed by atoms with Crippen LogP contribution >= 0.6 is 11.3 Å². The quantitative estimate of drug-likeness (QED) is 0.800. The van der Waals surface area contributed by atoms with Crippen molar-refractivity contribution >= 4 is 33.1 Å². The molecule has 3 heterocycles. The van der Waals surface area contributed by atoms with Crippen molar-refractivity contribution in [2.75, 3.05) is 6.54 Å². The van der Waals surface area contributed by atoms with Crippen LogP contribution in [0.25, 0.3) is 15.9 Å². The number of carbonyl (C=O) groups excluding carboxylic acids is 1. The third-order valence-corrected chi connectivity index (χ3v) is 4.79. The topological polar surface area (TPSA) is 63.5 Å². The van der Waals surface area contributed by atoms with Crippen molar-refractivity contribution in [1.29, 1.82) is 0 Å². The lowest BCUT2D eigenvalue weighted by molar-refractivity contribution is 0.0956.